The van der Waals surface area contributed by atoms with Crippen LogP contribution in [0.2, 0.25) is 0 Å². The maximum Gasteiger partial charge on any atom is 0.258 e. The van der Waals surface area contributed by atoms with Crippen LogP contribution in [0.4, 0.5) is 4.39 Å². The van der Waals surface area contributed by atoms with Crippen LogP contribution in [0.5, 0.6) is 0 Å². The zero-order chi connectivity index (χ0) is 25.4. The van der Waals surface area contributed by atoms with Gasteiger partial charge in [-0.25, -0.2) is 4.39 Å². The van der Waals surface area contributed by atoms with Gasteiger partial charge in [0.15, 0.2) is 0 Å². The fourth-order valence-corrected chi connectivity index (χ4v) is 5.59. The van der Waals surface area contributed by atoms with Crippen LogP contribution in [0.25, 0.3) is 11.1 Å². The third kappa shape index (κ3) is 3.80. The van der Waals surface area contributed by atoms with Crippen molar-refractivity contribution in [3.8, 4) is 11.1 Å². The fourth-order valence-electron chi connectivity index (χ4n) is 5.59. The van der Waals surface area contributed by atoms with E-state index in [1.807, 2.05) is 6.92 Å². The monoisotopic (exact) mass is 490 g/mol. The van der Waals surface area contributed by atoms with Crippen molar-refractivity contribution in [2.45, 2.75) is 32.0 Å². The van der Waals surface area contributed by atoms with Crippen molar-refractivity contribution in [1.29, 1.82) is 0 Å². The summed E-state index contributed by atoms with van der Waals surface area (Å²) in [5.41, 5.74) is 1.40. The molecule has 3 aromatic rings. The van der Waals surface area contributed by atoms with E-state index in [4.69, 9.17) is 0 Å². The maximum absolute atomic E-state index is 14.7. The number of benzene rings is 1. The number of nitrogens with zero attached hydrogens (tertiary/aromatic N) is 3. The highest BCUT2D eigenvalue weighted by molar-refractivity contribution is 5.98. The van der Waals surface area contributed by atoms with Crippen LogP contribution in [0.15, 0.2) is 65.7 Å². The lowest BCUT2D eigenvalue weighted by atomic mass is 9.88. The van der Waals surface area contributed by atoms with Crippen LogP contribution in [-0.2, 0) is 11.3 Å². The summed E-state index contributed by atoms with van der Waals surface area (Å²) >= 11 is 0. The molecule has 2 N–H and O–H groups in total. The molecule has 8 nitrogen and oxygen atoms in total. The number of carbonyl (C=O) groups is 2. The second kappa shape index (κ2) is 9.66. The lowest BCUT2D eigenvalue weighted by molar-refractivity contribution is -0.126. The van der Waals surface area contributed by atoms with Crippen LogP contribution >= 0.6 is 0 Å². The third-order valence-corrected chi connectivity index (χ3v) is 7.22. The number of nitrogens with one attached hydrogen (secondary N) is 1. The molecule has 36 heavy (non-hydrogen) atoms. The smallest absolute Gasteiger partial charge is 0.258 e. The average molecular weight is 491 g/mol. The third-order valence-electron chi connectivity index (χ3n) is 7.22. The van der Waals surface area contributed by atoms with E-state index in [2.05, 4.69) is 10.3 Å². The van der Waals surface area contributed by atoms with Crippen molar-refractivity contribution in [1.82, 2.24) is 19.8 Å². The molecule has 2 amide bonds. The normalized spacial score (nSPS) is 22.2. The SMILES string of the molecule is CCCNC(=O)[C@H]1[C@H](CO)[C@H]2Cn3c(ccc(-c4ccncc4)c3=O)[C@H]2N1C(=O)c1ccccc1F. The van der Waals surface area contributed by atoms with Gasteiger partial charge in [0.1, 0.15) is 11.9 Å². The number of halogens is 1. The van der Waals surface area contributed by atoms with Crippen molar-refractivity contribution in [2.75, 3.05) is 13.2 Å². The topological polar surface area (TPSA) is 105 Å². The quantitative estimate of drug-likeness (QED) is 0.552. The molecule has 0 radical (unpaired) electrons. The molecule has 0 spiro atoms. The summed E-state index contributed by atoms with van der Waals surface area (Å²) in [5, 5.41) is 13.2. The van der Waals surface area contributed by atoms with Gasteiger partial charge in [0.2, 0.25) is 5.91 Å². The highest BCUT2D eigenvalue weighted by atomic mass is 19.1. The molecule has 0 unspecified atom stereocenters. The number of hydrogen-bond acceptors (Lipinski definition) is 5. The van der Waals surface area contributed by atoms with Gasteiger partial charge in [0.05, 0.1) is 11.6 Å². The Morgan fingerprint density at radius 1 is 1.14 bits per heavy atom. The Hall–Kier alpha value is -3.85. The molecule has 0 aliphatic carbocycles. The number of pyridine rings is 2. The Bertz CT molecular complexity index is 1360. The minimum atomic E-state index is -0.993. The van der Waals surface area contributed by atoms with Crippen molar-refractivity contribution in [3.05, 3.63) is 88.4 Å². The molecular weight excluding hydrogens is 463 g/mol. The first kappa shape index (κ1) is 23.9. The second-order valence-corrected chi connectivity index (χ2v) is 9.21. The van der Waals surface area contributed by atoms with E-state index in [1.165, 1.54) is 23.1 Å². The van der Waals surface area contributed by atoms with Crippen molar-refractivity contribution >= 4 is 11.8 Å². The van der Waals surface area contributed by atoms with Crippen LogP contribution < -0.4 is 10.9 Å². The minimum absolute atomic E-state index is 0.155. The molecule has 4 heterocycles. The number of hydrogen-bond donors (Lipinski definition) is 2. The summed E-state index contributed by atoms with van der Waals surface area (Å²) in [6.07, 6.45) is 3.92. The molecule has 1 aromatic carbocycles. The molecule has 2 aromatic heterocycles. The maximum atomic E-state index is 14.7. The first-order valence-corrected chi connectivity index (χ1v) is 12.1. The largest absolute Gasteiger partial charge is 0.396 e. The summed E-state index contributed by atoms with van der Waals surface area (Å²) in [4.78, 5) is 45.9. The van der Waals surface area contributed by atoms with Gasteiger partial charge < -0.3 is 19.9 Å². The Balaban J connectivity index is 1.63. The van der Waals surface area contributed by atoms with E-state index < -0.39 is 35.6 Å². The van der Waals surface area contributed by atoms with E-state index >= 15 is 0 Å². The average Bonchev–Trinajstić information content (AvgIpc) is 3.43. The van der Waals surface area contributed by atoms with E-state index in [0.717, 1.165) is 5.56 Å². The Morgan fingerprint density at radius 2 is 1.89 bits per heavy atom. The molecule has 0 bridgehead atoms. The minimum Gasteiger partial charge on any atom is -0.396 e. The number of likely N-dealkylation sites (tertiary alicyclic amines) is 1. The molecule has 2 aliphatic heterocycles. The highest BCUT2D eigenvalue weighted by Crippen LogP contribution is 2.50. The van der Waals surface area contributed by atoms with E-state index in [-0.39, 0.29) is 30.2 Å². The van der Waals surface area contributed by atoms with Gasteiger partial charge in [-0.1, -0.05) is 19.1 Å². The standard InChI is InChI=1S/C27H27FN4O4/c1-2-11-30-25(34)24-20(15-33)19-14-31-22(8-7-17(26(31)35)16-9-12-29-13-10-16)23(19)32(24)27(36)18-5-3-4-6-21(18)28/h3-10,12-13,19-20,23-24,33H,2,11,14-15H2,1H3,(H,30,34)/t19-,20-,23+,24-/m1/s1. The van der Waals surface area contributed by atoms with Gasteiger partial charge in [0.25, 0.3) is 11.5 Å². The summed E-state index contributed by atoms with van der Waals surface area (Å²) < 4.78 is 16.3. The van der Waals surface area contributed by atoms with Gasteiger partial charge in [-0.2, -0.15) is 0 Å². The van der Waals surface area contributed by atoms with Crippen molar-refractivity contribution in [3.63, 3.8) is 0 Å². The highest BCUT2D eigenvalue weighted by Gasteiger charge is 2.57. The predicted octanol–water partition coefficient (Wildman–Crippen LogP) is 2.38. The van der Waals surface area contributed by atoms with Gasteiger partial charge in [-0.15, -0.1) is 0 Å². The molecule has 2 aliphatic rings. The second-order valence-electron chi connectivity index (χ2n) is 9.21. The summed E-state index contributed by atoms with van der Waals surface area (Å²) in [6.45, 7) is 2.21. The molecule has 5 rings (SSSR count). The first-order valence-electron chi connectivity index (χ1n) is 12.1. The van der Waals surface area contributed by atoms with Crippen molar-refractivity contribution in [2.24, 2.45) is 11.8 Å². The number of aliphatic hydroxyl groups excluding tert-OH is 1. The molecular formula is C27H27FN4O4. The fraction of sp³-hybridized carbons (Fsp3) is 0.333. The van der Waals surface area contributed by atoms with Crippen LogP contribution in [0.1, 0.15) is 35.4 Å². The number of aromatic nitrogens is 2. The van der Waals surface area contributed by atoms with Crippen LogP contribution in [0, 0.1) is 17.7 Å². The zero-order valence-corrected chi connectivity index (χ0v) is 19.8. The number of fused-ring (bicyclic) bond motifs is 3. The molecule has 0 saturated carbocycles. The van der Waals surface area contributed by atoms with Gasteiger partial charge >= 0.3 is 0 Å². The van der Waals surface area contributed by atoms with Crippen molar-refractivity contribution < 1.29 is 19.1 Å². The lowest BCUT2D eigenvalue weighted by Gasteiger charge is -2.31. The lowest BCUT2D eigenvalue weighted by Crippen LogP contribution is -2.50. The van der Waals surface area contributed by atoms with Crippen LogP contribution in [0.3, 0.4) is 0 Å². The number of carbonyl (C=O) groups excluding carboxylic acids is 2. The number of amides is 2. The number of aliphatic hydroxyl groups is 1. The molecule has 1 saturated heterocycles. The molecule has 1 fully saturated rings. The predicted molar refractivity (Wildman–Crippen MR) is 130 cm³/mol. The van der Waals surface area contributed by atoms with E-state index in [0.29, 0.717) is 24.2 Å². The summed E-state index contributed by atoms with van der Waals surface area (Å²) in [5.74, 6) is -2.73. The number of rotatable bonds is 6. The van der Waals surface area contributed by atoms with Gasteiger partial charge in [0, 0.05) is 55.2 Å². The zero-order valence-electron chi connectivity index (χ0n) is 19.8. The molecule has 4 atom stereocenters. The Labute approximate surface area is 207 Å². The van der Waals surface area contributed by atoms with Crippen LogP contribution in [-0.4, -0.2) is 50.6 Å². The Kier molecular flexibility index (Phi) is 6.40. The summed E-state index contributed by atoms with van der Waals surface area (Å²) in [7, 11) is 0. The van der Waals surface area contributed by atoms with Gasteiger partial charge in [-0.05, 0) is 48.4 Å². The first-order chi connectivity index (χ1) is 17.5. The molecule has 9 heteroatoms. The van der Waals surface area contributed by atoms with Gasteiger partial charge in [-0.3, -0.25) is 19.4 Å². The van der Waals surface area contributed by atoms with E-state index in [9.17, 15) is 23.9 Å². The molecule has 186 valence electrons. The Morgan fingerprint density at radius 3 is 2.58 bits per heavy atom. The van der Waals surface area contributed by atoms with E-state index in [1.54, 1.807) is 47.3 Å². The summed E-state index contributed by atoms with van der Waals surface area (Å²) in [6, 6.07) is 11.0.